The van der Waals surface area contributed by atoms with Gasteiger partial charge >= 0.3 is 0 Å². The van der Waals surface area contributed by atoms with E-state index in [-0.39, 0.29) is 5.91 Å². The molecule has 3 rings (SSSR count). The Labute approximate surface area is 156 Å². The van der Waals surface area contributed by atoms with Crippen molar-refractivity contribution in [3.05, 3.63) is 45.5 Å². The van der Waals surface area contributed by atoms with Crippen molar-refractivity contribution in [3.63, 3.8) is 0 Å². The summed E-state index contributed by atoms with van der Waals surface area (Å²) in [5, 5.41) is 4.03. The van der Waals surface area contributed by atoms with Gasteiger partial charge in [-0.15, -0.1) is 0 Å². The number of aryl methyl sites for hydroxylation is 2. The van der Waals surface area contributed by atoms with E-state index in [1.54, 1.807) is 12.4 Å². The highest BCUT2D eigenvalue weighted by Crippen LogP contribution is 2.17. The lowest BCUT2D eigenvalue weighted by atomic mass is 10.2. The largest absolute Gasteiger partial charge is 0.361 e. The number of carbonyl (C=O) groups excluding carboxylic acids is 1. The maximum absolute atomic E-state index is 12.6. The van der Waals surface area contributed by atoms with Gasteiger partial charge in [0, 0.05) is 55.2 Å². The number of hydrogen-bond acceptors (Lipinski definition) is 5. The van der Waals surface area contributed by atoms with Gasteiger partial charge in [-0.2, -0.15) is 0 Å². The number of rotatable bonds is 4. The number of carbonyl (C=O) groups is 1. The normalized spacial score (nSPS) is 16.0. The van der Waals surface area contributed by atoms with Gasteiger partial charge in [0.05, 0.1) is 12.1 Å². The van der Waals surface area contributed by atoms with E-state index in [9.17, 15) is 4.79 Å². The summed E-state index contributed by atoms with van der Waals surface area (Å²) in [5.41, 5.74) is 3.06. The molecule has 0 spiro atoms. The fourth-order valence-corrected chi connectivity index (χ4v) is 3.58. The molecule has 2 aromatic heterocycles. The number of aromatic nitrogens is 2. The molecule has 6 nitrogen and oxygen atoms in total. The minimum Gasteiger partial charge on any atom is -0.361 e. The highest BCUT2D eigenvalue weighted by atomic mass is 79.9. The van der Waals surface area contributed by atoms with Crippen molar-refractivity contribution in [2.75, 3.05) is 26.2 Å². The molecule has 0 saturated carbocycles. The first kappa shape index (κ1) is 18.1. The van der Waals surface area contributed by atoms with Gasteiger partial charge in [0.2, 0.25) is 5.91 Å². The van der Waals surface area contributed by atoms with Crippen molar-refractivity contribution in [2.24, 2.45) is 0 Å². The Morgan fingerprint density at radius 1 is 1.24 bits per heavy atom. The summed E-state index contributed by atoms with van der Waals surface area (Å²) >= 11 is 3.40. The van der Waals surface area contributed by atoms with Crippen LogP contribution in [0.1, 0.15) is 29.0 Å². The average Bonchev–Trinajstić information content (AvgIpc) is 2.78. The smallest absolute Gasteiger partial charge is 0.227 e. The molecule has 1 aliphatic heterocycles. The molecular formula is C18H23BrN4O2. The number of pyridine rings is 1. The SMILES string of the molecule is Cc1noc(C)c1CN1CCCN(C(=O)Cc2cncc(Br)c2)CC1. The van der Waals surface area contributed by atoms with E-state index in [1.807, 2.05) is 24.8 Å². The Hall–Kier alpha value is -1.73. The minimum atomic E-state index is 0.166. The van der Waals surface area contributed by atoms with Crippen LogP contribution in [0.2, 0.25) is 0 Å². The predicted octanol–water partition coefficient (Wildman–Crippen LogP) is 2.73. The summed E-state index contributed by atoms with van der Waals surface area (Å²) in [6.07, 6.45) is 4.86. The Morgan fingerprint density at radius 3 is 2.80 bits per heavy atom. The molecular weight excluding hydrogens is 384 g/mol. The van der Waals surface area contributed by atoms with E-state index in [1.165, 1.54) is 5.56 Å². The van der Waals surface area contributed by atoms with Crippen LogP contribution in [0.25, 0.3) is 0 Å². The Morgan fingerprint density at radius 2 is 2.08 bits per heavy atom. The number of amides is 1. The zero-order chi connectivity index (χ0) is 17.8. The fourth-order valence-electron chi connectivity index (χ4n) is 3.17. The van der Waals surface area contributed by atoms with Crippen molar-refractivity contribution in [2.45, 2.75) is 33.2 Å². The lowest BCUT2D eigenvalue weighted by molar-refractivity contribution is -0.130. The van der Waals surface area contributed by atoms with E-state index in [0.29, 0.717) is 6.42 Å². The summed E-state index contributed by atoms with van der Waals surface area (Å²) in [6.45, 7) is 8.17. The third-order valence-electron chi connectivity index (χ3n) is 4.62. The van der Waals surface area contributed by atoms with Crippen LogP contribution < -0.4 is 0 Å². The van der Waals surface area contributed by atoms with Gasteiger partial charge in [0.1, 0.15) is 5.76 Å². The number of halogens is 1. The van der Waals surface area contributed by atoms with Crippen LogP contribution >= 0.6 is 15.9 Å². The Bertz CT molecular complexity index is 727. The first-order chi connectivity index (χ1) is 12.0. The van der Waals surface area contributed by atoms with E-state index in [2.05, 4.69) is 31.0 Å². The van der Waals surface area contributed by atoms with Gasteiger partial charge in [0.25, 0.3) is 0 Å². The second-order valence-corrected chi connectivity index (χ2v) is 7.42. The molecule has 0 bridgehead atoms. The first-order valence-corrected chi connectivity index (χ1v) is 9.33. The summed E-state index contributed by atoms with van der Waals surface area (Å²) in [5.74, 6) is 1.05. The standard InChI is InChI=1S/C18H23BrN4O2/c1-13-17(14(2)25-21-13)12-22-4-3-5-23(7-6-22)18(24)9-15-8-16(19)11-20-10-15/h8,10-11H,3-7,9,12H2,1-2H3. The van der Waals surface area contributed by atoms with Crippen LogP contribution in [0.3, 0.4) is 0 Å². The maximum atomic E-state index is 12.6. The molecule has 0 atom stereocenters. The second-order valence-electron chi connectivity index (χ2n) is 6.50. The molecule has 0 unspecified atom stereocenters. The zero-order valence-electron chi connectivity index (χ0n) is 14.7. The average molecular weight is 407 g/mol. The van der Waals surface area contributed by atoms with Crippen LogP contribution in [0, 0.1) is 13.8 Å². The van der Waals surface area contributed by atoms with Gasteiger partial charge in [0.15, 0.2) is 0 Å². The van der Waals surface area contributed by atoms with Gasteiger partial charge < -0.3 is 9.42 Å². The summed E-state index contributed by atoms with van der Waals surface area (Å²) in [4.78, 5) is 21.1. The molecule has 0 aromatic carbocycles. The van der Waals surface area contributed by atoms with E-state index in [4.69, 9.17) is 4.52 Å². The highest BCUT2D eigenvalue weighted by Gasteiger charge is 2.21. The van der Waals surface area contributed by atoms with E-state index < -0.39 is 0 Å². The van der Waals surface area contributed by atoms with Crippen LogP contribution in [-0.2, 0) is 17.8 Å². The number of hydrogen-bond donors (Lipinski definition) is 0. The molecule has 0 aliphatic carbocycles. The fraction of sp³-hybridized carbons (Fsp3) is 0.500. The molecule has 1 saturated heterocycles. The third-order valence-corrected chi connectivity index (χ3v) is 5.05. The van der Waals surface area contributed by atoms with E-state index in [0.717, 1.165) is 60.6 Å². The monoisotopic (exact) mass is 406 g/mol. The quantitative estimate of drug-likeness (QED) is 0.780. The van der Waals surface area contributed by atoms with Crippen molar-refractivity contribution >= 4 is 21.8 Å². The van der Waals surface area contributed by atoms with Crippen LogP contribution in [0.15, 0.2) is 27.5 Å². The van der Waals surface area contributed by atoms with Gasteiger partial charge in [-0.3, -0.25) is 14.7 Å². The maximum Gasteiger partial charge on any atom is 0.227 e. The summed E-state index contributed by atoms with van der Waals surface area (Å²) in [6, 6.07) is 1.95. The Balaban J connectivity index is 1.57. The second kappa shape index (κ2) is 8.10. The van der Waals surface area contributed by atoms with Crippen molar-refractivity contribution in [1.82, 2.24) is 19.9 Å². The van der Waals surface area contributed by atoms with Gasteiger partial charge in [-0.1, -0.05) is 5.16 Å². The highest BCUT2D eigenvalue weighted by molar-refractivity contribution is 9.10. The Kier molecular flexibility index (Phi) is 5.86. The first-order valence-electron chi connectivity index (χ1n) is 8.54. The topological polar surface area (TPSA) is 62.5 Å². The molecule has 2 aromatic rings. The van der Waals surface area contributed by atoms with Crippen LogP contribution in [0.4, 0.5) is 0 Å². The molecule has 134 valence electrons. The molecule has 0 N–H and O–H groups in total. The minimum absolute atomic E-state index is 0.166. The zero-order valence-corrected chi connectivity index (χ0v) is 16.3. The molecule has 1 fully saturated rings. The molecule has 0 radical (unpaired) electrons. The molecule has 1 amide bonds. The molecule has 1 aliphatic rings. The number of nitrogens with zero attached hydrogens (tertiary/aromatic N) is 4. The summed E-state index contributed by atoms with van der Waals surface area (Å²) < 4.78 is 6.15. The molecule has 7 heteroatoms. The third kappa shape index (κ3) is 4.67. The van der Waals surface area contributed by atoms with Gasteiger partial charge in [-0.05, 0) is 47.8 Å². The van der Waals surface area contributed by atoms with Crippen molar-refractivity contribution in [3.8, 4) is 0 Å². The van der Waals surface area contributed by atoms with Crippen LogP contribution in [-0.4, -0.2) is 52.0 Å². The lowest BCUT2D eigenvalue weighted by Gasteiger charge is -2.22. The van der Waals surface area contributed by atoms with Crippen molar-refractivity contribution in [1.29, 1.82) is 0 Å². The van der Waals surface area contributed by atoms with Crippen molar-refractivity contribution < 1.29 is 9.32 Å². The lowest BCUT2D eigenvalue weighted by Crippen LogP contribution is -2.36. The molecule has 25 heavy (non-hydrogen) atoms. The summed E-state index contributed by atoms with van der Waals surface area (Å²) in [7, 11) is 0. The van der Waals surface area contributed by atoms with E-state index >= 15 is 0 Å². The predicted molar refractivity (Wildman–Crippen MR) is 98.1 cm³/mol. The van der Waals surface area contributed by atoms with Crippen LogP contribution in [0.5, 0.6) is 0 Å². The van der Waals surface area contributed by atoms with Gasteiger partial charge in [-0.25, -0.2) is 0 Å². The molecule has 3 heterocycles.